The van der Waals surface area contributed by atoms with Crippen molar-refractivity contribution in [1.82, 2.24) is 9.97 Å². The molecule has 0 spiro atoms. The number of hydrogen-bond donors (Lipinski definition) is 2. The molecule has 0 saturated heterocycles. The van der Waals surface area contributed by atoms with Crippen molar-refractivity contribution in [2.24, 2.45) is 0 Å². The number of rotatable bonds is 6. The maximum atomic E-state index is 4.59. The minimum atomic E-state index is 0.639. The van der Waals surface area contributed by atoms with Gasteiger partial charge in [-0.1, -0.05) is 23.8 Å². The maximum absolute atomic E-state index is 4.59. The summed E-state index contributed by atoms with van der Waals surface area (Å²) < 4.78 is 0. The van der Waals surface area contributed by atoms with Crippen LogP contribution in [0.3, 0.4) is 0 Å². The Hall–Kier alpha value is -2.36. The lowest BCUT2D eigenvalue weighted by molar-refractivity contribution is 0.679. The van der Waals surface area contributed by atoms with Gasteiger partial charge in [0.05, 0.1) is 0 Å². The van der Waals surface area contributed by atoms with Crippen molar-refractivity contribution in [3.63, 3.8) is 0 Å². The lowest BCUT2D eigenvalue weighted by Crippen LogP contribution is -2.08. The number of allylic oxidation sites excluding steroid dienone is 1. The Kier molecular flexibility index (Phi) is 5.47. The highest BCUT2D eigenvalue weighted by molar-refractivity contribution is 5.56. The molecule has 0 unspecified atom stereocenters. The van der Waals surface area contributed by atoms with Crippen LogP contribution in [0.5, 0.6) is 0 Å². The van der Waals surface area contributed by atoms with Crippen LogP contribution in [0.15, 0.2) is 42.0 Å². The predicted molar refractivity (Wildman–Crippen MR) is 101 cm³/mol. The van der Waals surface area contributed by atoms with E-state index in [1.54, 1.807) is 5.57 Å². The first-order valence-electron chi connectivity index (χ1n) is 8.80. The molecule has 126 valence electrons. The number of nitrogens with zero attached hydrogens (tertiary/aromatic N) is 2. The van der Waals surface area contributed by atoms with Gasteiger partial charge in [0.1, 0.15) is 5.82 Å². The highest BCUT2D eigenvalue weighted by atomic mass is 15.1. The van der Waals surface area contributed by atoms with Gasteiger partial charge in [0.2, 0.25) is 5.95 Å². The van der Waals surface area contributed by atoms with Crippen LogP contribution in [0.2, 0.25) is 0 Å². The Morgan fingerprint density at radius 2 is 2.00 bits per heavy atom. The van der Waals surface area contributed by atoms with Crippen molar-refractivity contribution in [3.05, 3.63) is 53.2 Å². The Labute approximate surface area is 144 Å². The second kappa shape index (κ2) is 7.95. The monoisotopic (exact) mass is 322 g/mol. The Morgan fingerprint density at radius 3 is 2.79 bits per heavy atom. The van der Waals surface area contributed by atoms with E-state index >= 15 is 0 Å². The molecule has 3 rings (SSSR count). The van der Waals surface area contributed by atoms with E-state index in [4.69, 9.17) is 0 Å². The summed E-state index contributed by atoms with van der Waals surface area (Å²) in [5, 5.41) is 6.73. The van der Waals surface area contributed by atoms with E-state index in [1.807, 2.05) is 25.1 Å². The first kappa shape index (κ1) is 16.5. The Bertz CT molecular complexity index is 721. The molecule has 2 aromatic rings. The minimum absolute atomic E-state index is 0.639. The van der Waals surface area contributed by atoms with Gasteiger partial charge in [0.25, 0.3) is 0 Å². The van der Waals surface area contributed by atoms with Crippen LogP contribution in [0.1, 0.15) is 43.4 Å². The zero-order chi connectivity index (χ0) is 16.8. The molecule has 1 aliphatic carbocycles. The normalized spacial score (nSPS) is 14.2. The maximum Gasteiger partial charge on any atom is 0.229 e. The molecule has 24 heavy (non-hydrogen) atoms. The lowest BCUT2D eigenvalue weighted by Gasteiger charge is -2.14. The highest BCUT2D eigenvalue weighted by Crippen LogP contribution is 2.20. The molecule has 1 heterocycles. The van der Waals surface area contributed by atoms with Crippen LogP contribution in [0.25, 0.3) is 0 Å². The molecule has 0 radical (unpaired) electrons. The van der Waals surface area contributed by atoms with Gasteiger partial charge in [-0.2, -0.15) is 4.98 Å². The van der Waals surface area contributed by atoms with Crippen molar-refractivity contribution in [2.45, 2.75) is 46.0 Å². The summed E-state index contributed by atoms with van der Waals surface area (Å²) in [6.45, 7) is 5.00. The summed E-state index contributed by atoms with van der Waals surface area (Å²) in [7, 11) is 0. The van der Waals surface area contributed by atoms with E-state index in [9.17, 15) is 0 Å². The van der Waals surface area contributed by atoms with Gasteiger partial charge < -0.3 is 10.6 Å². The number of aromatic nitrogens is 2. The molecule has 0 amide bonds. The zero-order valence-electron chi connectivity index (χ0n) is 14.6. The van der Waals surface area contributed by atoms with E-state index in [0.29, 0.717) is 5.95 Å². The quantitative estimate of drug-likeness (QED) is 0.723. The fraction of sp³-hybridized carbons (Fsp3) is 0.400. The number of nitrogens with one attached hydrogen (secondary N) is 2. The number of benzene rings is 1. The topological polar surface area (TPSA) is 49.8 Å². The van der Waals surface area contributed by atoms with Gasteiger partial charge in [-0.15, -0.1) is 0 Å². The van der Waals surface area contributed by atoms with Crippen LogP contribution >= 0.6 is 0 Å². The summed E-state index contributed by atoms with van der Waals surface area (Å²) >= 11 is 0. The molecule has 0 bridgehead atoms. The van der Waals surface area contributed by atoms with Crippen molar-refractivity contribution in [3.8, 4) is 0 Å². The third kappa shape index (κ3) is 4.82. The Balaban J connectivity index is 1.61. The smallest absolute Gasteiger partial charge is 0.229 e. The largest absolute Gasteiger partial charge is 0.370 e. The minimum Gasteiger partial charge on any atom is -0.370 e. The van der Waals surface area contributed by atoms with E-state index in [2.05, 4.69) is 45.7 Å². The van der Waals surface area contributed by atoms with E-state index < -0.39 is 0 Å². The van der Waals surface area contributed by atoms with Gasteiger partial charge in [0, 0.05) is 24.0 Å². The molecule has 0 atom stereocenters. The molecule has 4 heteroatoms. The van der Waals surface area contributed by atoms with Crippen LogP contribution in [-0.4, -0.2) is 16.5 Å². The first-order valence-corrected chi connectivity index (χ1v) is 8.80. The van der Waals surface area contributed by atoms with Crippen LogP contribution in [0.4, 0.5) is 17.5 Å². The summed E-state index contributed by atoms with van der Waals surface area (Å²) in [4.78, 5) is 9.07. The summed E-state index contributed by atoms with van der Waals surface area (Å²) in [6, 6.07) is 10.2. The summed E-state index contributed by atoms with van der Waals surface area (Å²) in [6.07, 6.45) is 8.68. The fourth-order valence-corrected chi connectivity index (χ4v) is 3.05. The molecule has 0 fully saturated rings. The zero-order valence-corrected chi connectivity index (χ0v) is 14.6. The summed E-state index contributed by atoms with van der Waals surface area (Å²) in [5.74, 6) is 1.52. The third-order valence-electron chi connectivity index (χ3n) is 4.27. The average Bonchev–Trinajstić information content (AvgIpc) is 2.55. The summed E-state index contributed by atoms with van der Waals surface area (Å²) in [5.41, 5.74) is 4.77. The standard InChI is InChI=1S/C20H26N4/c1-15-7-6-10-18(13-15)23-20-22-16(2)14-19(24-20)21-12-11-17-8-4-3-5-9-17/h6-8,10,13-14H,3-5,9,11-12H2,1-2H3,(H2,21,22,23,24). The predicted octanol–water partition coefficient (Wildman–Crippen LogP) is 5.14. The third-order valence-corrected chi connectivity index (χ3v) is 4.27. The van der Waals surface area contributed by atoms with Gasteiger partial charge in [0.15, 0.2) is 0 Å². The van der Waals surface area contributed by atoms with Gasteiger partial charge in [-0.25, -0.2) is 4.98 Å². The molecule has 0 aliphatic heterocycles. The number of aryl methyl sites for hydroxylation is 2. The molecule has 1 aliphatic rings. The first-order chi connectivity index (χ1) is 11.7. The van der Waals surface area contributed by atoms with Crippen LogP contribution in [0, 0.1) is 13.8 Å². The number of anilines is 3. The molecular formula is C20H26N4. The van der Waals surface area contributed by atoms with E-state index in [-0.39, 0.29) is 0 Å². The van der Waals surface area contributed by atoms with Crippen molar-refractivity contribution < 1.29 is 0 Å². The molecule has 0 saturated carbocycles. The second-order valence-corrected chi connectivity index (χ2v) is 6.50. The lowest BCUT2D eigenvalue weighted by atomic mass is 9.97. The fourth-order valence-electron chi connectivity index (χ4n) is 3.05. The van der Waals surface area contributed by atoms with Crippen molar-refractivity contribution in [2.75, 3.05) is 17.2 Å². The van der Waals surface area contributed by atoms with E-state index in [1.165, 1.54) is 31.2 Å². The van der Waals surface area contributed by atoms with Crippen LogP contribution < -0.4 is 10.6 Å². The average molecular weight is 322 g/mol. The van der Waals surface area contributed by atoms with Gasteiger partial charge in [-0.05, 0) is 63.6 Å². The Morgan fingerprint density at radius 1 is 1.08 bits per heavy atom. The van der Waals surface area contributed by atoms with Gasteiger partial charge >= 0.3 is 0 Å². The van der Waals surface area contributed by atoms with Crippen LogP contribution in [-0.2, 0) is 0 Å². The van der Waals surface area contributed by atoms with Crippen molar-refractivity contribution in [1.29, 1.82) is 0 Å². The molecule has 1 aromatic carbocycles. The van der Waals surface area contributed by atoms with E-state index in [0.717, 1.165) is 30.2 Å². The van der Waals surface area contributed by atoms with Crippen molar-refractivity contribution >= 4 is 17.5 Å². The molecule has 1 aromatic heterocycles. The molecule has 2 N–H and O–H groups in total. The van der Waals surface area contributed by atoms with Gasteiger partial charge in [-0.3, -0.25) is 0 Å². The second-order valence-electron chi connectivity index (χ2n) is 6.50. The molecule has 4 nitrogen and oxygen atoms in total. The SMILES string of the molecule is Cc1cccc(Nc2nc(C)cc(NCCC3=CCCCC3)n2)c1. The highest BCUT2D eigenvalue weighted by Gasteiger charge is 2.05. The number of hydrogen-bond acceptors (Lipinski definition) is 4. The molecular weight excluding hydrogens is 296 g/mol.